The van der Waals surface area contributed by atoms with Crippen LogP contribution in [0.4, 0.5) is 5.69 Å². The normalized spacial score (nSPS) is 21.1. The van der Waals surface area contributed by atoms with Crippen molar-refractivity contribution in [2.75, 3.05) is 0 Å². The van der Waals surface area contributed by atoms with Gasteiger partial charge in [0.1, 0.15) is 0 Å². The molecule has 4 heteroatoms. The molecule has 0 aliphatic heterocycles. The first-order valence-electron chi connectivity index (χ1n) is 26.8. The van der Waals surface area contributed by atoms with Crippen LogP contribution in [0.5, 0.6) is 0 Å². The summed E-state index contributed by atoms with van der Waals surface area (Å²) in [7, 11) is 0. The van der Waals surface area contributed by atoms with Crippen molar-refractivity contribution in [3.05, 3.63) is 228 Å². The summed E-state index contributed by atoms with van der Waals surface area (Å²) in [6.45, 7) is 27.6. The first kappa shape index (κ1) is 41.3. The van der Waals surface area contributed by atoms with Crippen LogP contribution in [0.2, 0.25) is 0 Å². The second-order valence-electron chi connectivity index (χ2n) is 24.8. The molecule has 4 bridgehead atoms. The van der Waals surface area contributed by atoms with E-state index in [9.17, 15) is 5.26 Å². The third kappa shape index (κ3) is 4.49. The number of nitrogens with zero attached hydrogens (tertiary/aromatic N) is 4. The summed E-state index contributed by atoms with van der Waals surface area (Å²) >= 11 is 0. The van der Waals surface area contributed by atoms with Crippen molar-refractivity contribution in [2.24, 2.45) is 11.8 Å². The summed E-state index contributed by atoms with van der Waals surface area (Å²) in [6, 6.07) is 44.9. The van der Waals surface area contributed by atoms with Crippen LogP contribution in [0, 0.1) is 43.6 Å². The Morgan fingerprint density at radius 2 is 0.892 bits per heavy atom. The van der Waals surface area contributed by atoms with Gasteiger partial charge in [-0.2, -0.15) is 5.26 Å². The van der Waals surface area contributed by atoms with Gasteiger partial charge in [0.15, 0.2) is 5.69 Å². The number of rotatable bonds is 0. The molecule has 8 aromatic carbocycles. The van der Waals surface area contributed by atoms with Gasteiger partial charge in [0.05, 0.1) is 45.8 Å². The maximum absolute atomic E-state index is 11.5. The Hall–Kier alpha value is -8.18. The van der Waals surface area contributed by atoms with Crippen molar-refractivity contribution < 1.29 is 0 Å². The van der Waals surface area contributed by atoms with Crippen molar-refractivity contribution in [1.82, 2.24) is 8.80 Å². The maximum atomic E-state index is 11.5. The number of aryl methyl sites for hydroxylation is 2. The Labute approximate surface area is 430 Å². The maximum Gasteiger partial charge on any atom is 0.196 e. The summed E-state index contributed by atoms with van der Waals surface area (Å²) in [6.07, 6.45) is 9.37. The van der Waals surface area contributed by atoms with Crippen molar-refractivity contribution >= 4 is 81.9 Å². The largest absolute Gasteiger partial charge is 0.309 e. The highest BCUT2D eigenvalue weighted by molar-refractivity contribution is 6.36. The van der Waals surface area contributed by atoms with Crippen LogP contribution in [-0.2, 0) is 10.8 Å². The second-order valence-corrected chi connectivity index (χ2v) is 24.8. The van der Waals surface area contributed by atoms with Crippen LogP contribution < -0.4 is 0 Å². The summed E-state index contributed by atoms with van der Waals surface area (Å²) in [5.74, 6) is 0.870. The molecule has 7 aliphatic carbocycles. The van der Waals surface area contributed by atoms with E-state index in [0.717, 1.165) is 27.9 Å². The molecule has 352 valence electrons. The molecule has 4 atom stereocenters. The fourth-order valence-corrected chi connectivity index (χ4v) is 16.5. The van der Waals surface area contributed by atoms with Crippen LogP contribution in [0.25, 0.3) is 81.0 Å². The Kier molecular flexibility index (Phi) is 7.33. The van der Waals surface area contributed by atoms with Crippen LogP contribution in [-0.4, -0.2) is 8.80 Å². The Morgan fingerprint density at radius 3 is 1.34 bits per heavy atom. The quantitative estimate of drug-likeness (QED) is 0.140. The van der Waals surface area contributed by atoms with Crippen molar-refractivity contribution in [1.29, 1.82) is 5.26 Å². The van der Waals surface area contributed by atoms with Gasteiger partial charge in [-0.05, 0) is 151 Å². The van der Waals surface area contributed by atoms with Crippen molar-refractivity contribution in [3.63, 3.8) is 0 Å². The van der Waals surface area contributed by atoms with Crippen molar-refractivity contribution in [2.45, 2.75) is 89.9 Å². The van der Waals surface area contributed by atoms with Gasteiger partial charge >= 0.3 is 0 Å². The van der Waals surface area contributed by atoms with E-state index in [-0.39, 0.29) is 34.5 Å². The average molecular weight is 949 g/mol. The SMILES string of the molecule is [C-]#[N+]c1c2c(c3c4cc(C(C)(C)C)cc5c6c7c8cc(C(C)(C)C)cc9c%10c%11c(c(C#N)c(C)c%10n(c7ccc6n(c3c1C)c45)c98)C1c3ccccc3C%11C3C=CC=CC13)C1c3ccccc3C2c2ccccc21. The molecule has 4 heterocycles. The topological polar surface area (TPSA) is 37.0 Å². The molecule has 4 nitrogen and oxygen atoms in total. The van der Waals surface area contributed by atoms with E-state index in [2.05, 4.69) is 209 Å². The molecule has 19 rings (SSSR count). The third-order valence-corrected chi connectivity index (χ3v) is 19.4. The van der Waals surface area contributed by atoms with Gasteiger partial charge in [0.25, 0.3) is 0 Å². The van der Waals surface area contributed by atoms with Gasteiger partial charge in [-0.25, -0.2) is 4.85 Å². The third-order valence-electron chi connectivity index (χ3n) is 19.4. The van der Waals surface area contributed by atoms with Crippen LogP contribution in [0.1, 0.15) is 149 Å². The molecule has 0 spiro atoms. The molecule has 4 aromatic heterocycles. The van der Waals surface area contributed by atoms with Crippen LogP contribution in [0.15, 0.2) is 133 Å². The molecule has 0 N–H and O–H groups in total. The second kappa shape index (κ2) is 13.1. The monoisotopic (exact) mass is 948 g/mol. The predicted octanol–water partition coefficient (Wildman–Crippen LogP) is 17.6. The minimum Gasteiger partial charge on any atom is -0.309 e. The van der Waals surface area contributed by atoms with Gasteiger partial charge in [-0.1, -0.05) is 139 Å². The lowest BCUT2D eigenvalue weighted by Gasteiger charge is -2.50. The van der Waals surface area contributed by atoms with Gasteiger partial charge in [0, 0.05) is 72.3 Å². The molecule has 12 aromatic rings. The molecule has 0 amide bonds. The smallest absolute Gasteiger partial charge is 0.196 e. The van der Waals surface area contributed by atoms with E-state index in [1.54, 1.807) is 0 Å². The van der Waals surface area contributed by atoms with E-state index in [4.69, 9.17) is 6.57 Å². The first-order valence-corrected chi connectivity index (χ1v) is 26.8. The molecule has 0 saturated heterocycles. The van der Waals surface area contributed by atoms with Gasteiger partial charge < -0.3 is 8.80 Å². The Bertz CT molecular complexity index is 4770. The number of nitriles is 1. The summed E-state index contributed by atoms with van der Waals surface area (Å²) in [4.78, 5) is 4.54. The highest BCUT2D eigenvalue weighted by Gasteiger charge is 2.51. The standard InChI is InChI=1S/C70H52N4/c1-33-49(32-71)58-52-37-18-10-12-20-39(37)53(40-21-13-11-19-38(40)52)61(58)59-47-30-35(69(3,4)5)28-45-56-50(73(65(33)59)67(45)47)26-27-51-57(56)46-29-36(70(6,7)8)31-48-60-62-54-41-22-14-16-24-43(41)55(44-25-17-15-23-42(44)54)63(62)64(72-9)34(2)66(60)74(51)68(46)48/h10-31,37,39,52-55H,1-8H3. The number of fused-ring (bicyclic) bond motifs is 13. The highest BCUT2D eigenvalue weighted by atomic mass is 14.9. The molecule has 0 fully saturated rings. The summed E-state index contributed by atoms with van der Waals surface area (Å²) < 4.78 is 5.16. The molecule has 4 unspecified atom stereocenters. The Balaban J connectivity index is 1.07. The van der Waals surface area contributed by atoms with E-state index in [1.165, 1.54) is 137 Å². The average Bonchev–Trinajstić information content (AvgIpc) is 4.15. The van der Waals surface area contributed by atoms with E-state index in [1.807, 2.05) is 0 Å². The van der Waals surface area contributed by atoms with E-state index < -0.39 is 0 Å². The summed E-state index contributed by atoms with van der Waals surface area (Å²) in [5, 5.41) is 21.8. The predicted molar refractivity (Wildman–Crippen MR) is 304 cm³/mol. The molecular weight excluding hydrogens is 897 g/mol. The number of hydrogen-bond acceptors (Lipinski definition) is 1. The fourth-order valence-electron chi connectivity index (χ4n) is 16.5. The first-order chi connectivity index (χ1) is 35.8. The molecule has 7 aliphatic rings. The highest BCUT2D eigenvalue weighted by Crippen LogP contribution is 2.65. The number of allylic oxidation sites excluding steroid dienone is 4. The minimum absolute atomic E-state index is 0.00295. The molecule has 74 heavy (non-hydrogen) atoms. The van der Waals surface area contributed by atoms with Crippen LogP contribution in [0.3, 0.4) is 0 Å². The van der Waals surface area contributed by atoms with Crippen molar-refractivity contribution in [3.8, 4) is 6.07 Å². The number of benzene rings is 8. The van der Waals surface area contributed by atoms with Gasteiger partial charge in [-0.3, -0.25) is 0 Å². The molecule has 0 saturated carbocycles. The zero-order chi connectivity index (χ0) is 49.9. The molecular formula is C70H52N4. The lowest BCUT2D eigenvalue weighted by Crippen LogP contribution is -2.39. The van der Waals surface area contributed by atoms with E-state index in [0.29, 0.717) is 11.8 Å². The Morgan fingerprint density at radius 1 is 0.486 bits per heavy atom. The van der Waals surface area contributed by atoms with Gasteiger partial charge in [0.2, 0.25) is 0 Å². The molecule has 0 radical (unpaired) electrons. The van der Waals surface area contributed by atoms with E-state index >= 15 is 0 Å². The zero-order valence-electron chi connectivity index (χ0n) is 43.0. The van der Waals surface area contributed by atoms with Gasteiger partial charge in [-0.15, -0.1) is 0 Å². The number of hydrogen-bond donors (Lipinski definition) is 0. The number of aromatic nitrogens is 2. The summed E-state index contributed by atoms with van der Waals surface area (Å²) in [5.41, 5.74) is 26.7. The minimum atomic E-state index is -0.144. The lowest BCUT2D eigenvalue weighted by molar-refractivity contribution is 0.333. The zero-order valence-corrected chi connectivity index (χ0v) is 43.0. The van der Waals surface area contributed by atoms with Crippen LogP contribution >= 0.6 is 0 Å². The lowest BCUT2D eigenvalue weighted by atomic mass is 9.52. The fraction of sp³-hybridized carbons (Fsp3) is 0.229.